The summed E-state index contributed by atoms with van der Waals surface area (Å²) < 4.78 is 6.32. The zero-order valence-electron chi connectivity index (χ0n) is 35.5. The number of allylic oxidation sites excluding steroid dienone is 1. The van der Waals surface area contributed by atoms with Crippen molar-refractivity contribution >= 4 is 5.97 Å². The summed E-state index contributed by atoms with van der Waals surface area (Å²) in [5.41, 5.74) is 4.54. The molecule has 6 fully saturated rings. The molecule has 0 aromatic heterocycles. The summed E-state index contributed by atoms with van der Waals surface area (Å²) in [5.74, 6) is 4.08. The highest BCUT2D eigenvalue weighted by atomic mass is 16.5. The monoisotopic (exact) mass is 727 g/mol. The van der Waals surface area contributed by atoms with Crippen molar-refractivity contribution in [2.45, 2.75) is 158 Å². The summed E-state index contributed by atoms with van der Waals surface area (Å²) in [7, 11) is 0. The molecular weight excluding hydrogens is 649 g/mol. The number of benzene rings is 1. The lowest BCUT2D eigenvalue weighted by Crippen LogP contribution is -2.66. The average Bonchev–Trinajstić information content (AvgIpc) is 3.49. The minimum atomic E-state index is 0.0158. The Morgan fingerprint density at radius 1 is 0.811 bits per heavy atom. The van der Waals surface area contributed by atoms with Crippen LogP contribution in [0, 0.1) is 62.6 Å². The fraction of sp³-hybridized carbons (Fsp3) is 0.816. The summed E-state index contributed by atoms with van der Waals surface area (Å²) >= 11 is 0. The van der Waals surface area contributed by atoms with Crippen LogP contribution in [0.2, 0.25) is 0 Å². The van der Waals surface area contributed by atoms with E-state index in [2.05, 4.69) is 102 Å². The zero-order valence-corrected chi connectivity index (χ0v) is 35.5. The number of hydrogen-bond acceptors (Lipinski definition) is 4. The molecule has 1 aliphatic heterocycles. The van der Waals surface area contributed by atoms with Crippen molar-refractivity contribution < 1.29 is 9.53 Å². The number of nitrogens with zero attached hydrogens (tertiary/aromatic N) is 2. The fourth-order valence-electron chi connectivity index (χ4n) is 15.3. The van der Waals surface area contributed by atoms with Gasteiger partial charge in [0.15, 0.2) is 0 Å². The molecule has 5 aliphatic carbocycles. The number of piperazine rings is 1. The smallest absolute Gasteiger partial charge is 0.306 e. The van der Waals surface area contributed by atoms with Crippen LogP contribution in [0.15, 0.2) is 42.5 Å². The molecule has 0 N–H and O–H groups in total. The third-order valence-electron chi connectivity index (χ3n) is 18.1. The first-order chi connectivity index (χ1) is 25.1. The van der Waals surface area contributed by atoms with Crippen molar-refractivity contribution in [3.63, 3.8) is 0 Å². The van der Waals surface area contributed by atoms with E-state index in [4.69, 9.17) is 4.74 Å². The maximum absolute atomic E-state index is 12.9. The van der Waals surface area contributed by atoms with Gasteiger partial charge in [0, 0.05) is 44.6 Å². The van der Waals surface area contributed by atoms with Gasteiger partial charge in [-0.15, -0.1) is 0 Å². The number of ether oxygens (including phenoxy) is 1. The lowest BCUT2D eigenvalue weighted by molar-refractivity contribution is -0.250. The zero-order chi connectivity index (χ0) is 37.8. The molecule has 0 unspecified atom stereocenters. The highest BCUT2D eigenvalue weighted by Crippen LogP contribution is 2.78. The third-order valence-corrected chi connectivity index (χ3v) is 18.1. The lowest BCUT2D eigenvalue weighted by atomic mass is 9.32. The summed E-state index contributed by atoms with van der Waals surface area (Å²) in [4.78, 5) is 18.3. The number of fused-ring (bicyclic) bond motifs is 7. The minimum absolute atomic E-state index is 0.0158. The van der Waals surface area contributed by atoms with E-state index in [1.807, 2.05) is 0 Å². The van der Waals surface area contributed by atoms with Crippen molar-refractivity contribution in [3.8, 4) is 0 Å². The topological polar surface area (TPSA) is 32.8 Å². The summed E-state index contributed by atoms with van der Waals surface area (Å²) in [6.07, 6.45) is 18.1. The van der Waals surface area contributed by atoms with Gasteiger partial charge in [0.05, 0.1) is 0 Å². The Morgan fingerprint density at radius 2 is 1.53 bits per heavy atom. The van der Waals surface area contributed by atoms with Gasteiger partial charge in [0.25, 0.3) is 0 Å². The van der Waals surface area contributed by atoms with Crippen LogP contribution in [0.25, 0.3) is 0 Å². The molecule has 7 rings (SSSR count). The molecule has 0 amide bonds. The number of rotatable bonds is 11. The van der Waals surface area contributed by atoms with Crippen LogP contribution >= 0.6 is 0 Å². The largest absolute Gasteiger partial charge is 0.462 e. The van der Waals surface area contributed by atoms with Gasteiger partial charge in [-0.1, -0.05) is 97.4 Å². The fourth-order valence-corrected chi connectivity index (χ4v) is 15.3. The van der Waals surface area contributed by atoms with Gasteiger partial charge in [0.1, 0.15) is 6.10 Å². The van der Waals surface area contributed by atoms with Crippen LogP contribution in [0.5, 0.6) is 0 Å². The van der Waals surface area contributed by atoms with E-state index < -0.39 is 0 Å². The van der Waals surface area contributed by atoms with Crippen molar-refractivity contribution in [1.82, 2.24) is 9.80 Å². The maximum Gasteiger partial charge on any atom is 0.306 e. The summed E-state index contributed by atoms with van der Waals surface area (Å²) in [5, 5.41) is 0. The van der Waals surface area contributed by atoms with Crippen LogP contribution in [-0.4, -0.2) is 54.6 Å². The molecule has 1 aromatic carbocycles. The molecule has 5 saturated carbocycles. The Kier molecular flexibility index (Phi) is 11.2. The molecule has 4 heteroatoms. The molecular formula is C49H78N2O2. The third kappa shape index (κ3) is 7.03. The highest BCUT2D eigenvalue weighted by molar-refractivity contribution is 5.69. The van der Waals surface area contributed by atoms with E-state index >= 15 is 0 Å². The van der Waals surface area contributed by atoms with Crippen molar-refractivity contribution in [3.05, 3.63) is 48.0 Å². The first-order valence-corrected chi connectivity index (χ1v) is 22.5. The number of unbranched alkanes of at least 4 members (excludes halogenated alkanes) is 1. The predicted molar refractivity (Wildman–Crippen MR) is 220 cm³/mol. The van der Waals surface area contributed by atoms with Gasteiger partial charge >= 0.3 is 5.97 Å². The second-order valence-corrected chi connectivity index (χ2v) is 21.5. The molecule has 6 aliphatic rings. The maximum atomic E-state index is 12.9. The minimum Gasteiger partial charge on any atom is -0.462 e. The second-order valence-electron chi connectivity index (χ2n) is 21.5. The van der Waals surface area contributed by atoms with Gasteiger partial charge in [0.2, 0.25) is 0 Å². The SMILES string of the molecule is C=C(C)[C@@H]1CC[C@]2(CCCCN3CCN(Cc4ccccc4)CC3)CC[C@]3(C)[C@H](CC[C@@H]4[C@@]5(C)CC[C@H](OC(=O)CC(C)C)C(C)(C)[C@@H]5CC[C@]43C)[C@@H]12. The number of hydrogen-bond donors (Lipinski definition) is 0. The van der Waals surface area contributed by atoms with E-state index in [9.17, 15) is 4.79 Å². The molecule has 1 saturated heterocycles. The molecule has 0 radical (unpaired) electrons. The van der Waals surface area contributed by atoms with Crippen LogP contribution in [0.4, 0.5) is 0 Å². The standard InChI is InChI=1S/C49H78N2O2/c1-35(2)33-43(52)53-42-21-23-46(7)40(45(42,5)6)20-24-48(9)41(46)18-17-39-44-38(36(3)4)19-25-49(44,27-26-47(39,48)8)22-13-14-28-50-29-31-51(32-30-50)34-37-15-11-10-12-16-37/h10-12,15-16,35,38-42,44H,3,13-14,17-34H2,1-2,4-9H3/t38-,39+,40-,41+,42-,44+,46-,47+,48+,49+/m0/s1. The number of esters is 1. The molecule has 296 valence electrons. The molecule has 1 heterocycles. The average molecular weight is 727 g/mol. The van der Waals surface area contributed by atoms with E-state index in [-0.39, 0.29) is 17.5 Å². The molecule has 4 nitrogen and oxygen atoms in total. The lowest BCUT2D eigenvalue weighted by Gasteiger charge is -2.73. The van der Waals surface area contributed by atoms with Crippen molar-refractivity contribution in [2.75, 3.05) is 32.7 Å². The first kappa shape index (κ1) is 39.6. The van der Waals surface area contributed by atoms with Crippen LogP contribution < -0.4 is 0 Å². The molecule has 1 aromatic rings. The van der Waals surface area contributed by atoms with Gasteiger partial charge in [-0.05, 0) is 153 Å². The molecule has 0 bridgehead atoms. The first-order valence-electron chi connectivity index (χ1n) is 22.5. The van der Waals surface area contributed by atoms with Crippen LogP contribution in [-0.2, 0) is 16.1 Å². The summed E-state index contributed by atoms with van der Waals surface area (Å²) in [6, 6.07) is 11.0. The normalized spacial score (nSPS) is 41.2. The molecule has 0 spiro atoms. The van der Waals surface area contributed by atoms with Gasteiger partial charge in [-0.2, -0.15) is 0 Å². The quantitative estimate of drug-likeness (QED) is 0.129. The number of carbonyl (C=O) groups is 1. The Balaban J connectivity index is 1.01. The highest BCUT2D eigenvalue weighted by Gasteiger charge is 2.71. The Labute approximate surface area is 325 Å². The number of carbonyl (C=O) groups excluding carboxylic acids is 1. The molecule has 10 atom stereocenters. The van der Waals surface area contributed by atoms with Crippen molar-refractivity contribution in [1.29, 1.82) is 0 Å². The van der Waals surface area contributed by atoms with Gasteiger partial charge in [-0.25, -0.2) is 0 Å². The van der Waals surface area contributed by atoms with Crippen molar-refractivity contribution in [2.24, 2.45) is 62.6 Å². The Bertz CT molecular complexity index is 1450. The molecule has 53 heavy (non-hydrogen) atoms. The van der Waals surface area contributed by atoms with Gasteiger partial charge in [-0.3, -0.25) is 9.69 Å². The van der Waals surface area contributed by atoms with E-state index in [1.54, 1.807) is 0 Å². The Hall–Kier alpha value is -1.65. The van der Waals surface area contributed by atoms with Crippen LogP contribution in [0.3, 0.4) is 0 Å². The summed E-state index contributed by atoms with van der Waals surface area (Å²) in [6.45, 7) is 31.7. The second kappa shape index (κ2) is 15.0. The van der Waals surface area contributed by atoms with E-state index in [1.165, 1.54) is 121 Å². The Morgan fingerprint density at radius 3 is 2.23 bits per heavy atom. The van der Waals surface area contributed by atoms with E-state index in [0.29, 0.717) is 45.8 Å². The predicted octanol–water partition coefficient (Wildman–Crippen LogP) is 11.6. The van der Waals surface area contributed by atoms with Crippen LogP contribution in [0.1, 0.15) is 151 Å². The van der Waals surface area contributed by atoms with E-state index in [0.717, 1.165) is 30.7 Å². The van der Waals surface area contributed by atoms with Gasteiger partial charge < -0.3 is 9.64 Å².